The molecule has 1 N–H and O–H groups in total. The third-order valence-corrected chi connectivity index (χ3v) is 6.60. The zero-order valence-electron chi connectivity index (χ0n) is 13.9. The minimum atomic E-state index is -3.92. The minimum absolute atomic E-state index is 0.0976. The molecule has 25 heavy (non-hydrogen) atoms. The van der Waals surface area contributed by atoms with E-state index >= 15 is 0 Å². The highest BCUT2D eigenvalue weighted by Gasteiger charge is 2.42. The van der Waals surface area contributed by atoms with Gasteiger partial charge < -0.3 is 5.32 Å². The van der Waals surface area contributed by atoms with Gasteiger partial charge in [0.1, 0.15) is 4.90 Å². The van der Waals surface area contributed by atoms with Crippen molar-refractivity contribution in [2.75, 3.05) is 0 Å². The molecule has 2 heterocycles. The van der Waals surface area contributed by atoms with E-state index in [9.17, 15) is 18.0 Å². The van der Waals surface area contributed by atoms with Crippen LogP contribution < -0.4 is 5.32 Å². The molecule has 0 aliphatic carbocycles. The van der Waals surface area contributed by atoms with E-state index in [2.05, 4.69) is 10.3 Å². The fourth-order valence-corrected chi connectivity index (χ4v) is 5.07. The number of aromatic nitrogens is 1. The highest BCUT2D eigenvalue weighted by molar-refractivity contribution is 7.90. The lowest BCUT2D eigenvalue weighted by molar-refractivity contribution is 0.0845. The lowest BCUT2D eigenvalue weighted by Crippen LogP contribution is -2.36. The molecule has 0 spiro atoms. The molecule has 1 aliphatic heterocycles. The molecule has 9 heteroatoms. The van der Waals surface area contributed by atoms with Crippen LogP contribution in [0.3, 0.4) is 0 Å². The quantitative estimate of drug-likeness (QED) is 0.876. The maximum absolute atomic E-state index is 12.6. The van der Waals surface area contributed by atoms with Gasteiger partial charge in [0.05, 0.1) is 22.8 Å². The minimum Gasteiger partial charge on any atom is -0.346 e. The molecule has 1 aromatic heterocycles. The maximum atomic E-state index is 12.6. The van der Waals surface area contributed by atoms with E-state index in [0.29, 0.717) is 0 Å². The van der Waals surface area contributed by atoms with E-state index in [4.69, 9.17) is 0 Å². The Balaban J connectivity index is 1.86. The topological polar surface area (TPSA) is 96.4 Å². The van der Waals surface area contributed by atoms with E-state index in [-0.39, 0.29) is 22.6 Å². The lowest BCUT2D eigenvalue weighted by Gasteiger charge is -2.18. The van der Waals surface area contributed by atoms with Crippen molar-refractivity contribution in [3.05, 3.63) is 45.4 Å². The molecule has 0 saturated carbocycles. The Hall–Kier alpha value is -2.26. The Morgan fingerprint density at radius 2 is 2.08 bits per heavy atom. The van der Waals surface area contributed by atoms with Crippen LogP contribution in [0.4, 0.5) is 0 Å². The number of nitrogens with zero attached hydrogens (tertiary/aromatic N) is 2. The summed E-state index contributed by atoms with van der Waals surface area (Å²) >= 11 is 1.49. The summed E-state index contributed by atoms with van der Waals surface area (Å²) in [7, 11) is -3.92. The third-order valence-electron chi connectivity index (χ3n) is 3.78. The Labute approximate surface area is 149 Å². The molecule has 1 aliphatic rings. The maximum Gasteiger partial charge on any atom is 0.269 e. The fourth-order valence-electron chi connectivity index (χ4n) is 2.66. The van der Waals surface area contributed by atoms with Crippen LogP contribution in [0.25, 0.3) is 0 Å². The summed E-state index contributed by atoms with van der Waals surface area (Å²) in [4.78, 5) is 28.7. The monoisotopic (exact) mass is 379 g/mol. The van der Waals surface area contributed by atoms with Gasteiger partial charge in [-0.1, -0.05) is 0 Å². The second kappa shape index (κ2) is 6.23. The van der Waals surface area contributed by atoms with Gasteiger partial charge >= 0.3 is 0 Å². The van der Waals surface area contributed by atoms with Gasteiger partial charge in [0.25, 0.3) is 21.8 Å². The number of hydrogen-bond acceptors (Lipinski definition) is 6. The number of carbonyl (C=O) groups is 2. The SMILES string of the molecule is Cc1nc(CNC(=O)c2ccc3c(c2)S(=O)(=O)N(C(C)C)C3=O)cs1. The molecule has 0 saturated heterocycles. The molecule has 0 atom stereocenters. The molecule has 0 fully saturated rings. The highest BCUT2D eigenvalue weighted by atomic mass is 32.2. The van der Waals surface area contributed by atoms with E-state index < -0.39 is 27.9 Å². The summed E-state index contributed by atoms with van der Waals surface area (Å²) in [6.45, 7) is 5.39. The summed E-state index contributed by atoms with van der Waals surface area (Å²) in [5, 5.41) is 5.46. The van der Waals surface area contributed by atoms with Crippen LogP contribution in [0.15, 0.2) is 28.5 Å². The van der Waals surface area contributed by atoms with Crippen LogP contribution in [0.2, 0.25) is 0 Å². The highest BCUT2D eigenvalue weighted by Crippen LogP contribution is 2.32. The van der Waals surface area contributed by atoms with Crippen molar-refractivity contribution in [3.8, 4) is 0 Å². The van der Waals surface area contributed by atoms with Gasteiger partial charge in [0.2, 0.25) is 0 Å². The zero-order valence-corrected chi connectivity index (χ0v) is 15.6. The van der Waals surface area contributed by atoms with Gasteiger partial charge in [-0.05, 0) is 39.0 Å². The molecule has 0 unspecified atom stereocenters. The molecule has 7 nitrogen and oxygen atoms in total. The number of nitrogens with one attached hydrogen (secondary N) is 1. The Morgan fingerprint density at radius 3 is 2.68 bits per heavy atom. The molecule has 2 amide bonds. The molecular formula is C16H17N3O4S2. The van der Waals surface area contributed by atoms with Crippen molar-refractivity contribution in [1.29, 1.82) is 0 Å². The second-order valence-electron chi connectivity index (χ2n) is 5.95. The molecular weight excluding hydrogens is 362 g/mol. The average Bonchev–Trinajstić information content (AvgIpc) is 3.04. The van der Waals surface area contributed by atoms with Crippen molar-refractivity contribution in [3.63, 3.8) is 0 Å². The lowest BCUT2D eigenvalue weighted by atomic mass is 10.1. The molecule has 132 valence electrons. The van der Waals surface area contributed by atoms with Gasteiger partial charge in [-0.2, -0.15) is 0 Å². The van der Waals surface area contributed by atoms with Gasteiger partial charge in [-0.15, -0.1) is 11.3 Å². The van der Waals surface area contributed by atoms with Crippen molar-refractivity contribution in [2.45, 2.75) is 38.3 Å². The van der Waals surface area contributed by atoms with Crippen LogP contribution in [0, 0.1) is 6.92 Å². The van der Waals surface area contributed by atoms with Gasteiger partial charge in [-0.25, -0.2) is 17.7 Å². The first-order chi connectivity index (χ1) is 11.7. The fraction of sp³-hybridized carbons (Fsp3) is 0.312. The van der Waals surface area contributed by atoms with E-state index in [0.717, 1.165) is 15.0 Å². The molecule has 0 bridgehead atoms. The summed E-state index contributed by atoms with van der Waals surface area (Å²) in [6, 6.07) is 3.61. The van der Waals surface area contributed by atoms with E-state index in [1.54, 1.807) is 13.8 Å². The molecule has 0 radical (unpaired) electrons. The summed E-state index contributed by atoms with van der Waals surface area (Å²) in [5.41, 5.74) is 1.03. The largest absolute Gasteiger partial charge is 0.346 e. The number of carbonyl (C=O) groups excluding carboxylic acids is 2. The second-order valence-corrected chi connectivity index (χ2v) is 8.80. The number of thiazole rings is 1. The number of aryl methyl sites for hydroxylation is 1. The summed E-state index contributed by atoms with van der Waals surface area (Å²) in [6.07, 6.45) is 0. The Bertz CT molecular complexity index is 964. The normalized spacial score (nSPS) is 15.5. The van der Waals surface area contributed by atoms with E-state index in [1.807, 2.05) is 12.3 Å². The van der Waals surface area contributed by atoms with Crippen LogP contribution >= 0.6 is 11.3 Å². The number of rotatable bonds is 4. The van der Waals surface area contributed by atoms with Crippen LogP contribution in [0.5, 0.6) is 0 Å². The first-order valence-corrected chi connectivity index (χ1v) is 9.96. The molecule has 3 rings (SSSR count). The van der Waals surface area contributed by atoms with Gasteiger partial charge in [0, 0.05) is 17.0 Å². The predicted molar refractivity (Wildman–Crippen MR) is 93.0 cm³/mol. The predicted octanol–water partition coefficient (Wildman–Crippen LogP) is 1.93. The van der Waals surface area contributed by atoms with Crippen LogP contribution in [-0.4, -0.2) is 35.6 Å². The third kappa shape index (κ3) is 3.05. The van der Waals surface area contributed by atoms with Gasteiger partial charge in [-0.3, -0.25) is 9.59 Å². The first kappa shape index (κ1) is 17.6. The van der Waals surface area contributed by atoms with Crippen molar-refractivity contribution < 1.29 is 18.0 Å². The Morgan fingerprint density at radius 1 is 1.36 bits per heavy atom. The van der Waals surface area contributed by atoms with Crippen molar-refractivity contribution >= 4 is 33.2 Å². The summed E-state index contributed by atoms with van der Waals surface area (Å²) in [5.74, 6) is -0.978. The van der Waals surface area contributed by atoms with E-state index in [1.165, 1.54) is 29.5 Å². The van der Waals surface area contributed by atoms with Crippen molar-refractivity contribution in [1.82, 2.24) is 14.6 Å². The Kier molecular flexibility index (Phi) is 4.38. The summed E-state index contributed by atoms with van der Waals surface area (Å²) < 4.78 is 26.0. The first-order valence-electron chi connectivity index (χ1n) is 7.64. The molecule has 1 aromatic carbocycles. The van der Waals surface area contributed by atoms with Crippen LogP contribution in [-0.2, 0) is 16.6 Å². The molecule has 2 aromatic rings. The number of fused-ring (bicyclic) bond motifs is 1. The van der Waals surface area contributed by atoms with Crippen molar-refractivity contribution in [2.24, 2.45) is 0 Å². The van der Waals surface area contributed by atoms with Gasteiger partial charge in [0.15, 0.2) is 0 Å². The number of benzene rings is 1. The standard InChI is InChI=1S/C16H17N3O4S2/c1-9(2)19-16(21)13-5-4-11(6-14(13)25(19,22)23)15(20)17-7-12-8-24-10(3)18-12/h4-6,8-9H,7H2,1-3H3,(H,17,20). The number of amides is 2. The van der Waals surface area contributed by atoms with Crippen LogP contribution in [0.1, 0.15) is 45.3 Å². The number of hydrogen-bond donors (Lipinski definition) is 1. The zero-order chi connectivity index (χ0) is 18.4. The average molecular weight is 379 g/mol. The number of sulfonamides is 1. The smallest absolute Gasteiger partial charge is 0.269 e.